The zero-order valence-corrected chi connectivity index (χ0v) is 14.1. The van der Waals surface area contributed by atoms with Gasteiger partial charge >= 0.3 is 0 Å². The van der Waals surface area contributed by atoms with Crippen molar-refractivity contribution in [1.29, 1.82) is 0 Å². The molecule has 1 aromatic heterocycles. The van der Waals surface area contributed by atoms with Crippen LogP contribution in [-0.4, -0.2) is 41.1 Å². The molecule has 128 valence electrons. The topological polar surface area (TPSA) is 81.1 Å². The molecular weight excluding hydrogens is 306 g/mol. The molecule has 1 aromatic carbocycles. The minimum Gasteiger partial charge on any atom is -0.496 e. The van der Waals surface area contributed by atoms with Gasteiger partial charge in [0.05, 0.1) is 19.3 Å². The van der Waals surface area contributed by atoms with Gasteiger partial charge in [-0.25, -0.2) is 4.68 Å². The molecule has 0 spiro atoms. The number of hydrogen-bond donors (Lipinski definition) is 2. The smallest absolute Gasteiger partial charge is 0.273 e. The maximum Gasteiger partial charge on any atom is 0.273 e. The van der Waals surface area contributed by atoms with Crippen LogP contribution in [0.25, 0.3) is 0 Å². The largest absolute Gasteiger partial charge is 0.496 e. The van der Waals surface area contributed by atoms with E-state index < -0.39 is 0 Å². The molecule has 0 aliphatic carbocycles. The first kappa shape index (κ1) is 16.4. The molecule has 24 heavy (non-hydrogen) atoms. The van der Waals surface area contributed by atoms with E-state index in [0.717, 1.165) is 42.8 Å². The van der Waals surface area contributed by atoms with E-state index in [-0.39, 0.29) is 5.91 Å². The molecule has 2 aromatic rings. The number of aryl methyl sites for hydroxylation is 1. The predicted molar refractivity (Wildman–Crippen MR) is 90.1 cm³/mol. The number of carbonyl (C=O) groups excluding carboxylic acids is 1. The third-order valence-electron chi connectivity index (χ3n) is 4.35. The molecule has 0 bridgehead atoms. The Morgan fingerprint density at radius 3 is 2.96 bits per heavy atom. The van der Waals surface area contributed by atoms with E-state index in [4.69, 9.17) is 4.74 Å². The number of piperidine rings is 1. The van der Waals surface area contributed by atoms with E-state index in [2.05, 4.69) is 20.9 Å². The summed E-state index contributed by atoms with van der Waals surface area (Å²) in [7, 11) is 1.64. The van der Waals surface area contributed by atoms with Crippen molar-refractivity contribution in [3.63, 3.8) is 0 Å². The molecule has 0 radical (unpaired) electrons. The molecule has 7 nitrogen and oxygen atoms in total. The van der Waals surface area contributed by atoms with Crippen LogP contribution >= 0.6 is 0 Å². The maximum absolute atomic E-state index is 12.3. The van der Waals surface area contributed by atoms with Crippen molar-refractivity contribution < 1.29 is 9.53 Å². The molecule has 2 heterocycles. The van der Waals surface area contributed by atoms with Crippen molar-refractivity contribution in [2.75, 3.05) is 20.2 Å². The summed E-state index contributed by atoms with van der Waals surface area (Å²) in [6.07, 6.45) is 3.75. The van der Waals surface area contributed by atoms with Crippen LogP contribution in [0.3, 0.4) is 0 Å². The van der Waals surface area contributed by atoms with E-state index in [0.29, 0.717) is 18.3 Å². The van der Waals surface area contributed by atoms with Crippen molar-refractivity contribution in [2.24, 2.45) is 0 Å². The van der Waals surface area contributed by atoms with Crippen molar-refractivity contribution in [2.45, 2.75) is 32.4 Å². The summed E-state index contributed by atoms with van der Waals surface area (Å²) >= 11 is 0. The highest BCUT2D eigenvalue weighted by molar-refractivity contribution is 5.91. The van der Waals surface area contributed by atoms with E-state index in [1.165, 1.54) is 0 Å². The summed E-state index contributed by atoms with van der Waals surface area (Å²) in [6.45, 7) is 4.36. The van der Waals surface area contributed by atoms with Gasteiger partial charge in [0, 0.05) is 6.54 Å². The van der Waals surface area contributed by atoms with Crippen LogP contribution < -0.4 is 15.4 Å². The van der Waals surface area contributed by atoms with Gasteiger partial charge in [-0.3, -0.25) is 4.79 Å². The van der Waals surface area contributed by atoms with Crippen LogP contribution in [0, 0.1) is 6.92 Å². The molecule has 1 saturated heterocycles. The number of ether oxygens (including phenoxy) is 1. The van der Waals surface area contributed by atoms with Crippen LogP contribution in [-0.2, 0) is 6.54 Å². The van der Waals surface area contributed by atoms with Crippen molar-refractivity contribution in [3.8, 4) is 5.75 Å². The Bertz CT molecular complexity index is 707. The van der Waals surface area contributed by atoms with Crippen LogP contribution in [0.5, 0.6) is 5.75 Å². The number of rotatable bonds is 5. The summed E-state index contributed by atoms with van der Waals surface area (Å²) in [5.74, 6) is 0.605. The number of benzene rings is 1. The van der Waals surface area contributed by atoms with Crippen LogP contribution in [0.2, 0.25) is 0 Å². The van der Waals surface area contributed by atoms with Crippen LogP contribution in [0.1, 0.15) is 40.5 Å². The van der Waals surface area contributed by atoms with Gasteiger partial charge in [0.15, 0.2) is 5.69 Å². The van der Waals surface area contributed by atoms with E-state index >= 15 is 0 Å². The van der Waals surface area contributed by atoms with Gasteiger partial charge in [-0.05, 0) is 50.0 Å². The van der Waals surface area contributed by atoms with Crippen LogP contribution in [0.4, 0.5) is 0 Å². The van der Waals surface area contributed by atoms with Crippen molar-refractivity contribution in [3.05, 3.63) is 41.2 Å². The van der Waals surface area contributed by atoms with Gasteiger partial charge in [-0.2, -0.15) is 0 Å². The SMILES string of the molecule is COc1cc(CNC(=O)c2cn(C3CCNCC3)nn2)ccc1C. The number of methoxy groups -OCH3 is 1. The first-order valence-electron chi connectivity index (χ1n) is 8.21. The summed E-state index contributed by atoms with van der Waals surface area (Å²) in [5.41, 5.74) is 2.40. The highest BCUT2D eigenvalue weighted by atomic mass is 16.5. The van der Waals surface area contributed by atoms with E-state index in [9.17, 15) is 4.79 Å². The standard InChI is InChI=1S/C17H23N5O2/c1-12-3-4-13(9-16(12)24-2)10-19-17(23)15-11-22(21-20-15)14-5-7-18-8-6-14/h3-4,9,11,14,18H,5-8,10H2,1-2H3,(H,19,23). The highest BCUT2D eigenvalue weighted by Crippen LogP contribution is 2.19. The quantitative estimate of drug-likeness (QED) is 0.868. The van der Waals surface area contributed by atoms with E-state index in [1.54, 1.807) is 13.3 Å². The molecule has 1 aliphatic rings. The monoisotopic (exact) mass is 329 g/mol. The molecule has 3 rings (SSSR count). The fraction of sp³-hybridized carbons (Fsp3) is 0.471. The molecule has 7 heteroatoms. The minimum atomic E-state index is -0.213. The predicted octanol–water partition coefficient (Wildman–Crippen LogP) is 1.45. The lowest BCUT2D eigenvalue weighted by atomic mass is 10.1. The Labute approximate surface area is 141 Å². The third-order valence-corrected chi connectivity index (χ3v) is 4.35. The molecule has 1 fully saturated rings. The number of hydrogen-bond acceptors (Lipinski definition) is 5. The highest BCUT2D eigenvalue weighted by Gasteiger charge is 2.18. The zero-order valence-electron chi connectivity index (χ0n) is 14.1. The fourth-order valence-corrected chi connectivity index (χ4v) is 2.88. The maximum atomic E-state index is 12.3. The Hall–Kier alpha value is -2.41. The molecule has 0 unspecified atom stereocenters. The normalized spacial score (nSPS) is 15.2. The third kappa shape index (κ3) is 3.73. The Kier molecular flexibility index (Phi) is 5.10. The Morgan fingerprint density at radius 2 is 2.21 bits per heavy atom. The molecule has 2 N–H and O–H groups in total. The van der Waals surface area contributed by atoms with Crippen LogP contribution in [0.15, 0.2) is 24.4 Å². The fourth-order valence-electron chi connectivity index (χ4n) is 2.88. The van der Waals surface area contributed by atoms with Gasteiger partial charge < -0.3 is 15.4 Å². The lowest BCUT2D eigenvalue weighted by molar-refractivity contribution is 0.0945. The second-order valence-electron chi connectivity index (χ2n) is 6.05. The molecule has 1 amide bonds. The molecule has 0 saturated carbocycles. The molecule has 1 aliphatic heterocycles. The second kappa shape index (κ2) is 7.44. The average Bonchev–Trinajstić information content (AvgIpc) is 3.12. The van der Waals surface area contributed by atoms with Gasteiger partial charge in [0.2, 0.25) is 0 Å². The van der Waals surface area contributed by atoms with Gasteiger partial charge in [0.1, 0.15) is 5.75 Å². The summed E-state index contributed by atoms with van der Waals surface area (Å²) in [5, 5.41) is 14.3. The van der Waals surface area contributed by atoms with Gasteiger partial charge in [-0.1, -0.05) is 17.3 Å². The molecular formula is C17H23N5O2. The first-order chi connectivity index (χ1) is 11.7. The summed E-state index contributed by atoms with van der Waals surface area (Å²) < 4.78 is 7.11. The van der Waals surface area contributed by atoms with Gasteiger partial charge in [-0.15, -0.1) is 5.10 Å². The Balaban J connectivity index is 1.60. The number of nitrogens with zero attached hydrogens (tertiary/aromatic N) is 3. The number of aromatic nitrogens is 3. The summed E-state index contributed by atoms with van der Waals surface area (Å²) in [4.78, 5) is 12.3. The number of nitrogens with one attached hydrogen (secondary N) is 2. The second-order valence-corrected chi connectivity index (χ2v) is 6.05. The summed E-state index contributed by atoms with van der Waals surface area (Å²) in [6, 6.07) is 6.21. The van der Waals surface area contributed by atoms with Crippen molar-refractivity contribution in [1.82, 2.24) is 25.6 Å². The Morgan fingerprint density at radius 1 is 1.42 bits per heavy atom. The van der Waals surface area contributed by atoms with E-state index in [1.807, 2.05) is 29.8 Å². The lowest BCUT2D eigenvalue weighted by Gasteiger charge is -2.22. The lowest BCUT2D eigenvalue weighted by Crippen LogP contribution is -2.29. The zero-order chi connectivity index (χ0) is 16.9. The first-order valence-corrected chi connectivity index (χ1v) is 8.21. The van der Waals surface area contributed by atoms with Crippen molar-refractivity contribution >= 4 is 5.91 Å². The number of carbonyl (C=O) groups is 1. The minimum absolute atomic E-state index is 0.213. The average molecular weight is 329 g/mol. The number of amides is 1. The molecule has 0 atom stereocenters. The van der Waals surface area contributed by atoms with Gasteiger partial charge in [0.25, 0.3) is 5.91 Å².